The number of anilines is 2. The highest BCUT2D eigenvalue weighted by Gasteiger charge is 2.28. The first kappa shape index (κ1) is 11.7. The number of nitrogen functional groups attached to an aromatic ring is 1. The summed E-state index contributed by atoms with van der Waals surface area (Å²) in [6.45, 7) is 3.21. The van der Waals surface area contributed by atoms with Crippen LogP contribution in [0.3, 0.4) is 0 Å². The zero-order valence-electron chi connectivity index (χ0n) is 10.2. The second kappa shape index (κ2) is 4.62. The molecule has 1 heterocycles. The molecule has 17 heavy (non-hydrogen) atoms. The summed E-state index contributed by atoms with van der Waals surface area (Å²) in [5, 5.41) is 12.2. The van der Waals surface area contributed by atoms with Gasteiger partial charge in [0.2, 0.25) is 0 Å². The molecule has 3 N–H and O–H groups in total. The summed E-state index contributed by atoms with van der Waals surface area (Å²) < 4.78 is 0. The van der Waals surface area contributed by atoms with Gasteiger partial charge in [0.25, 0.3) is 0 Å². The van der Waals surface area contributed by atoms with Crippen LogP contribution in [0, 0.1) is 16.7 Å². The first-order valence-corrected chi connectivity index (χ1v) is 6.03. The maximum absolute atomic E-state index is 8.85. The van der Waals surface area contributed by atoms with Crippen LogP contribution in [0.1, 0.15) is 38.3 Å². The van der Waals surface area contributed by atoms with Crippen molar-refractivity contribution >= 4 is 11.5 Å². The fraction of sp³-hybridized carbons (Fsp3) is 0.538. The van der Waals surface area contributed by atoms with Crippen LogP contribution in [0.15, 0.2) is 12.1 Å². The molecule has 0 amide bonds. The molecule has 90 valence electrons. The Bertz CT molecular complexity index is 441. The lowest BCUT2D eigenvalue weighted by Gasteiger charge is -2.24. The van der Waals surface area contributed by atoms with Crippen LogP contribution >= 0.6 is 0 Å². The second-order valence-electron chi connectivity index (χ2n) is 5.12. The van der Waals surface area contributed by atoms with Crippen molar-refractivity contribution in [3.8, 4) is 6.07 Å². The van der Waals surface area contributed by atoms with Gasteiger partial charge in [-0.05, 0) is 30.4 Å². The van der Waals surface area contributed by atoms with Gasteiger partial charge >= 0.3 is 0 Å². The third kappa shape index (κ3) is 2.68. The number of hydrogen-bond acceptors (Lipinski definition) is 4. The number of nitriles is 1. The lowest BCUT2D eigenvalue weighted by Crippen LogP contribution is -2.23. The van der Waals surface area contributed by atoms with Crippen molar-refractivity contribution in [3.63, 3.8) is 0 Å². The Morgan fingerprint density at radius 2 is 2.18 bits per heavy atom. The van der Waals surface area contributed by atoms with E-state index in [0.29, 0.717) is 16.8 Å². The minimum atomic E-state index is 0.298. The molecule has 1 aliphatic rings. The van der Waals surface area contributed by atoms with E-state index in [4.69, 9.17) is 11.0 Å². The molecule has 1 aromatic heterocycles. The van der Waals surface area contributed by atoms with E-state index in [2.05, 4.69) is 17.2 Å². The number of pyridine rings is 1. The third-order valence-electron chi connectivity index (χ3n) is 3.54. The molecular weight excluding hydrogens is 212 g/mol. The van der Waals surface area contributed by atoms with E-state index in [0.717, 1.165) is 12.4 Å². The van der Waals surface area contributed by atoms with E-state index < -0.39 is 0 Å². The van der Waals surface area contributed by atoms with Gasteiger partial charge in [-0.3, -0.25) is 0 Å². The van der Waals surface area contributed by atoms with Crippen molar-refractivity contribution in [3.05, 3.63) is 17.8 Å². The fourth-order valence-electron chi connectivity index (χ4n) is 2.37. The predicted octanol–water partition coefficient (Wildman–Crippen LogP) is 2.53. The van der Waals surface area contributed by atoms with Gasteiger partial charge in [-0.25, -0.2) is 4.98 Å². The Labute approximate surface area is 102 Å². The molecule has 4 nitrogen and oxygen atoms in total. The average Bonchev–Trinajstić information content (AvgIpc) is 2.76. The maximum Gasteiger partial charge on any atom is 0.165 e. The number of nitrogens with zero attached hydrogens (tertiary/aromatic N) is 2. The largest absolute Gasteiger partial charge is 0.396 e. The van der Waals surface area contributed by atoms with Gasteiger partial charge in [-0.1, -0.05) is 19.8 Å². The van der Waals surface area contributed by atoms with E-state index >= 15 is 0 Å². The monoisotopic (exact) mass is 230 g/mol. The molecule has 4 heteroatoms. The molecule has 0 aromatic carbocycles. The number of rotatable bonds is 3. The Kier molecular flexibility index (Phi) is 3.19. The van der Waals surface area contributed by atoms with Crippen molar-refractivity contribution in [1.29, 1.82) is 5.26 Å². The summed E-state index contributed by atoms with van der Waals surface area (Å²) in [5.74, 6) is 0.740. The van der Waals surface area contributed by atoms with Crippen LogP contribution in [0.25, 0.3) is 0 Å². The standard InChI is InChI=1S/C13H18N4/c1-13(6-2-3-7-13)9-16-12-5-4-10(15)11(8-14)17-12/h4-5H,2-3,6-7,9,15H2,1H3,(H,16,17). The predicted molar refractivity (Wildman–Crippen MR) is 68.4 cm³/mol. The number of hydrogen-bond donors (Lipinski definition) is 2. The summed E-state index contributed by atoms with van der Waals surface area (Å²) in [6, 6.07) is 5.55. The van der Waals surface area contributed by atoms with Crippen LogP contribution in [-0.2, 0) is 0 Å². The highest BCUT2D eigenvalue weighted by atomic mass is 15.0. The lowest BCUT2D eigenvalue weighted by atomic mass is 9.89. The van der Waals surface area contributed by atoms with Gasteiger partial charge in [0.1, 0.15) is 11.9 Å². The smallest absolute Gasteiger partial charge is 0.165 e. The zero-order chi connectivity index (χ0) is 12.3. The topological polar surface area (TPSA) is 74.7 Å². The maximum atomic E-state index is 8.85. The van der Waals surface area contributed by atoms with Crippen molar-refractivity contribution in [2.75, 3.05) is 17.6 Å². The molecule has 1 aliphatic carbocycles. The Hall–Kier alpha value is -1.76. The summed E-state index contributed by atoms with van der Waals surface area (Å²) in [4.78, 5) is 4.19. The summed E-state index contributed by atoms with van der Waals surface area (Å²) in [7, 11) is 0. The van der Waals surface area contributed by atoms with E-state index in [9.17, 15) is 0 Å². The van der Waals surface area contributed by atoms with Gasteiger partial charge in [0, 0.05) is 6.54 Å². The average molecular weight is 230 g/mol. The van der Waals surface area contributed by atoms with Gasteiger partial charge in [0.05, 0.1) is 5.69 Å². The first-order chi connectivity index (χ1) is 8.13. The van der Waals surface area contributed by atoms with Crippen molar-refractivity contribution in [2.24, 2.45) is 5.41 Å². The molecule has 0 saturated heterocycles. The van der Waals surface area contributed by atoms with Crippen molar-refractivity contribution in [2.45, 2.75) is 32.6 Å². The zero-order valence-corrected chi connectivity index (χ0v) is 10.2. The van der Waals surface area contributed by atoms with E-state index in [1.54, 1.807) is 6.07 Å². The van der Waals surface area contributed by atoms with Crippen LogP contribution in [-0.4, -0.2) is 11.5 Å². The van der Waals surface area contributed by atoms with Crippen LogP contribution in [0.2, 0.25) is 0 Å². The molecule has 2 rings (SSSR count). The van der Waals surface area contributed by atoms with Crippen molar-refractivity contribution < 1.29 is 0 Å². The summed E-state index contributed by atoms with van der Waals surface area (Å²) in [6.07, 6.45) is 5.16. The van der Waals surface area contributed by atoms with E-state index in [-0.39, 0.29) is 0 Å². The molecule has 0 radical (unpaired) electrons. The summed E-state index contributed by atoms with van der Waals surface area (Å²) >= 11 is 0. The minimum Gasteiger partial charge on any atom is -0.396 e. The van der Waals surface area contributed by atoms with E-state index in [1.165, 1.54) is 25.7 Å². The Morgan fingerprint density at radius 1 is 1.47 bits per heavy atom. The molecule has 0 bridgehead atoms. The SMILES string of the molecule is CC1(CNc2ccc(N)c(C#N)n2)CCCC1. The Morgan fingerprint density at radius 3 is 2.82 bits per heavy atom. The lowest BCUT2D eigenvalue weighted by molar-refractivity contribution is 0.361. The van der Waals surface area contributed by atoms with Gasteiger partial charge < -0.3 is 11.1 Å². The van der Waals surface area contributed by atoms with Crippen LogP contribution in [0.4, 0.5) is 11.5 Å². The molecule has 1 aromatic rings. The quantitative estimate of drug-likeness (QED) is 0.836. The first-order valence-electron chi connectivity index (χ1n) is 6.03. The van der Waals surface area contributed by atoms with Gasteiger partial charge in [0.15, 0.2) is 5.69 Å². The molecule has 0 aliphatic heterocycles. The highest BCUT2D eigenvalue weighted by Crippen LogP contribution is 2.37. The summed E-state index contributed by atoms with van der Waals surface area (Å²) in [5.41, 5.74) is 6.74. The molecular formula is C13H18N4. The highest BCUT2D eigenvalue weighted by molar-refractivity contribution is 5.54. The molecule has 0 unspecified atom stereocenters. The second-order valence-corrected chi connectivity index (χ2v) is 5.12. The Balaban J connectivity index is 2.02. The van der Waals surface area contributed by atoms with Crippen molar-refractivity contribution in [1.82, 2.24) is 4.98 Å². The molecule has 0 spiro atoms. The normalized spacial score (nSPS) is 17.6. The van der Waals surface area contributed by atoms with Crippen LogP contribution < -0.4 is 11.1 Å². The van der Waals surface area contributed by atoms with E-state index in [1.807, 2.05) is 12.1 Å². The van der Waals surface area contributed by atoms with Crippen LogP contribution in [0.5, 0.6) is 0 Å². The molecule has 1 fully saturated rings. The third-order valence-corrected chi connectivity index (χ3v) is 3.54. The van der Waals surface area contributed by atoms with Gasteiger partial charge in [-0.15, -0.1) is 0 Å². The molecule has 0 atom stereocenters. The number of aromatic nitrogens is 1. The fourth-order valence-corrected chi connectivity index (χ4v) is 2.37. The van der Waals surface area contributed by atoms with Gasteiger partial charge in [-0.2, -0.15) is 5.26 Å². The number of nitrogens with two attached hydrogens (primary N) is 1. The minimum absolute atomic E-state index is 0.298. The number of nitrogens with one attached hydrogen (secondary N) is 1. The molecule has 1 saturated carbocycles.